The third kappa shape index (κ3) is 1.25. The average Bonchev–Trinajstić information content (AvgIpc) is 2.27. The molecule has 1 N–H and O–H groups in total. The van der Waals surface area contributed by atoms with Crippen LogP contribution in [-0.4, -0.2) is 4.98 Å². The molecular formula is C8H11NOS. The highest BCUT2D eigenvalue weighted by molar-refractivity contribution is 7.09. The second-order valence-electron chi connectivity index (χ2n) is 3.26. The van der Waals surface area contributed by atoms with Crippen LogP contribution < -0.4 is 4.87 Å². The van der Waals surface area contributed by atoms with E-state index < -0.39 is 0 Å². The smallest absolute Gasteiger partial charge is 0.304 e. The van der Waals surface area contributed by atoms with E-state index >= 15 is 0 Å². The number of aryl methyl sites for hydroxylation is 1. The first kappa shape index (κ1) is 7.10. The fourth-order valence-corrected chi connectivity index (χ4v) is 2.61. The monoisotopic (exact) mass is 169 g/mol. The molecule has 60 valence electrons. The first-order chi connectivity index (χ1) is 5.25. The Hall–Kier alpha value is -0.570. The molecule has 1 aliphatic rings. The van der Waals surface area contributed by atoms with E-state index in [2.05, 4.69) is 11.9 Å². The largest absolute Gasteiger partial charge is 0.316 e. The Morgan fingerprint density at radius 2 is 2.45 bits per heavy atom. The lowest BCUT2D eigenvalue weighted by Gasteiger charge is -2.16. The van der Waals surface area contributed by atoms with E-state index in [1.54, 1.807) is 0 Å². The van der Waals surface area contributed by atoms with Crippen molar-refractivity contribution < 1.29 is 0 Å². The zero-order chi connectivity index (χ0) is 7.84. The van der Waals surface area contributed by atoms with Gasteiger partial charge in [-0.15, -0.1) is 0 Å². The summed E-state index contributed by atoms with van der Waals surface area (Å²) < 4.78 is 0. The summed E-state index contributed by atoms with van der Waals surface area (Å²) in [7, 11) is 0. The molecule has 0 amide bonds. The molecule has 0 bridgehead atoms. The number of hydrogen-bond donors (Lipinski definition) is 1. The Kier molecular flexibility index (Phi) is 1.60. The summed E-state index contributed by atoms with van der Waals surface area (Å²) >= 11 is 1.38. The molecule has 1 aromatic rings. The van der Waals surface area contributed by atoms with Gasteiger partial charge >= 0.3 is 4.87 Å². The third-order valence-corrected chi connectivity index (χ3v) is 3.17. The van der Waals surface area contributed by atoms with Crippen LogP contribution in [0.5, 0.6) is 0 Å². The number of nitrogens with one attached hydrogen (secondary N) is 1. The number of H-pyrrole nitrogens is 1. The summed E-state index contributed by atoms with van der Waals surface area (Å²) in [6, 6.07) is 0. The zero-order valence-electron chi connectivity index (χ0n) is 6.52. The molecule has 11 heavy (non-hydrogen) atoms. The number of aromatic amines is 1. The van der Waals surface area contributed by atoms with Crippen LogP contribution in [0.4, 0.5) is 0 Å². The van der Waals surface area contributed by atoms with E-state index in [1.165, 1.54) is 28.3 Å². The molecule has 1 aromatic heterocycles. The predicted octanol–water partition coefficient (Wildman–Crippen LogP) is 1.56. The maximum atomic E-state index is 10.9. The van der Waals surface area contributed by atoms with Gasteiger partial charge in [-0.25, -0.2) is 0 Å². The summed E-state index contributed by atoms with van der Waals surface area (Å²) in [6.07, 6.45) is 3.38. The Labute approximate surface area is 69.3 Å². The van der Waals surface area contributed by atoms with E-state index in [1.807, 2.05) is 0 Å². The van der Waals surface area contributed by atoms with E-state index in [9.17, 15) is 4.79 Å². The van der Waals surface area contributed by atoms with Crippen LogP contribution in [0, 0.1) is 5.92 Å². The summed E-state index contributed by atoms with van der Waals surface area (Å²) in [5, 5.41) is 0. The normalized spacial score (nSPS) is 23.2. The van der Waals surface area contributed by atoms with Crippen molar-refractivity contribution >= 4 is 11.3 Å². The molecule has 2 rings (SSSR count). The van der Waals surface area contributed by atoms with E-state index in [0.717, 1.165) is 18.8 Å². The highest BCUT2D eigenvalue weighted by Crippen LogP contribution is 2.24. The lowest BCUT2D eigenvalue weighted by Crippen LogP contribution is -2.09. The molecule has 1 atom stereocenters. The first-order valence-electron chi connectivity index (χ1n) is 3.96. The molecular weight excluding hydrogens is 158 g/mol. The Balaban J connectivity index is 2.41. The molecule has 0 fully saturated rings. The number of thiazole rings is 1. The van der Waals surface area contributed by atoms with E-state index in [4.69, 9.17) is 0 Å². The molecule has 2 nitrogen and oxygen atoms in total. The summed E-state index contributed by atoms with van der Waals surface area (Å²) in [5.41, 5.74) is 1.19. The number of aromatic nitrogens is 1. The van der Waals surface area contributed by atoms with Gasteiger partial charge < -0.3 is 4.98 Å². The minimum Gasteiger partial charge on any atom is -0.316 e. The fourth-order valence-electron chi connectivity index (χ4n) is 1.57. The van der Waals surface area contributed by atoms with Gasteiger partial charge in [-0.2, -0.15) is 0 Å². The van der Waals surface area contributed by atoms with Crippen molar-refractivity contribution in [2.24, 2.45) is 5.92 Å². The topological polar surface area (TPSA) is 32.9 Å². The van der Waals surface area contributed by atoms with Gasteiger partial charge in [0.25, 0.3) is 0 Å². The van der Waals surface area contributed by atoms with E-state index in [0.29, 0.717) is 0 Å². The standard InChI is InChI=1S/C8H11NOS/c1-5-2-3-6-7(4-5)11-8(10)9-6/h5H,2-4H2,1H3,(H,9,10)/t5-/m0/s1. The van der Waals surface area contributed by atoms with Crippen LogP contribution in [0.25, 0.3) is 0 Å². The molecule has 1 aliphatic carbocycles. The summed E-state index contributed by atoms with van der Waals surface area (Å²) in [4.78, 5) is 15.2. The quantitative estimate of drug-likeness (QED) is 0.628. The molecule has 0 aliphatic heterocycles. The lowest BCUT2D eigenvalue weighted by molar-refractivity contribution is 0.501. The van der Waals surface area contributed by atoms with Crippen molar-refractivity contribution in [3.63, 3.8) is 0 Å². The molecule has 0 aromatic carbocycles. The van der Waals surface area contributed by atoms with Gasteiger partial charge in [0.15, 0.2) is 0 Å². The van der Waals surface area contributed by atoms with Gasteiger partial charge in [0.2, 0.25) is 0 Å². The van der Waals surface area contributed by atoms with Crippen molar-refractivity contribution in [3.05, 3.63) is 20.2 Å². The number of fused-ring (bicyclic) bond motifs is 1. The maximum Gasteiger partial charge on any atom is 0.304 e. The number of hydrogen-bond acceptors (Lipinski definition) is 2. The molecule has 0 saturated heterocycles. The zero-order valence-corrected chi connectivity index (χ0v) is 7.33. The van der Waals surface area contributed by atoms with Gasteiger partial charge in [0, 0.05) is 10.6 Å². The minimum atomic E-state index is 0.115. The van der Waals surface area contributed by atoms with Gasteiger partial charge in [-0.1, -0.05) is 18.3 Å². The molecule has 0 spiro atoms. The lowest BCUT2D eigenvalue weighted by atomic mass is 9.93. The highest BCUT2D eigenvalue weighted by atomic mass is 32.1. The van der Waals surface area contributed by atoms with Crippen LogP contribution in [0.15, 0.2) is 4.79 Å². The third-order valence-electron chi connectivity index (χ3n) is 2.23. The summed E-state index contributed by atoms with van der Waals surface area (Å²) in [6.45, 7) is 2.24. The second kappa shape index (κ2) is 2.48. The fraction of sp³-hybridized carbons (Fsp3) is 0.625. The van der Waals surface area contributed by atoms with Gasteiger partial charge in [-0.05, 0) is 25.2 Å². The average molecular weight is 169 g/mol. The van der Waals surface area contributed by atoms with E-state index in [-0.39, 0.29) is 4.87 Å². The van der Waals surface area contributed by atoms with Crippen molar-refractivity contribution in [2.75, 3.05) is 0 Å². The van der Waals surface area contributed by atoms with Crippen LogP contribution in [-0.2, 0) is 12.8 Å². The highest BCUT2D eigenvalue weighted by Gasteiger charge is 2.17. The summed E-state index contributed by atoms with van der Waals surface area (Å²) in [5.74, 6) is 0.758. The Morgan fingerprint density at radius 3 is 3.27 bits per heavy atom. The van der Waals surface area contributed by atoms with Gasteiger partial charge in [0.05, 0.1) is 0 Å². The van der Waals surface area contributed by atoms with Gasteiger partial charge in [-0.3, -0.25) is 4.79 Å². The second-order valence-corrected chi connectivity index (χ2v) is 4.33. The number of rotatable bonds is 0. The molecule has 0 saturated carbocycles. The van der Waals surface area contributed by atoms with Crippen LogP contribution in [0.3, 0.4) is 0 Å². The molecule has 0 unspecified atom stereocenters. The SMILES string of the molecule is C[C@H]1CCc2[nH]c(=O)sc2C1. The van der Waals surface area contributed by atoms with Crippen molar-refractivity contribution in [1.29, 1.82) is 0 Å². The van der Waals surface area contributed by atoms with Crippen LogP contribution in [0.2, 0.25) is 0 Å². The van der Waals surface area contributed by atoms with Crippen LogP contribution in [0.1, 0.15) is 23.9 Å². The molecule has 0 radical (unpaired) electrons. The maximum absolute atomic E-state index is 10.9. The van der Waals surface area contributed by atoms with Gasteiger partial charge in [0.1, 0.15) is 0 Å². The van der Waals surface area contributed by atoms with Crippen LogP contribution >= 0.6 is 11.3 Å². The Morgan fingerprint density at radius 1 is 1.64 bits per heavy atom. The first-order valence-corrected chi connectivity index (χ1v) is 4.78. The molecule has 1 heterocycles. The Bertz CT molecular complexity index is 312. The predicted molar refractivity (Wildman–Crippen MR) is 46.1 cm³/mol. The molecule has 3 heteroatoms. The van der Waals surface area contributed by atoms with Crippen molar-refractivity contribution in [3.8, 4) is 0 Å². The van der Waals surface area contributed by atoms with Crippen molar-refractivity contribution in [1.82, 2.24) is 4.98 Å². The van der Waals surface area contributed by atoms with Crippen molar-refractivity contribution in [2.45, 2.75) is 26.2 Å². The minimum absolute atomic E-state index is 0.115.